The van der Waals surface area contributed by atoms with Crippen molar-refractivity contribution in [1.82, 2.24) is 30.1 Å². The summed E-state index contributed by atoms with van der Waals surface area (Å²) in [4.78, 5) is 31.8. The Morgan fingerprint density at radius 3 is 2.82 bits per heavy atom. The molecule has 0 radical (unpaired) electrons. The van der Waals surface area contributed by atoms with E-state index in [0.717, 1.165) is 56.0 Å². The van der Waals surface area contributed by atoms with Gasteiger partial charge in [-0.05, 0) is 44.9 Å². The summed E-state index contributed by atoms with van der Waals surface area (Å²) >= 11 is 0. The van der Waals surface area contributed by atoms with Crippen LogP contribution in [-0.2, 0) is 17.6 Å². The van der Waals surface area contributed by atoms with Gasteiger partial charge in [0, 0.05) is 42.2 Å². The van der Waals surface area contributed by atoms with Crippen molar-refractivity contribution in [3.05, 3.63) is 35.4 Å². The monoisotopic (exact) mass is 461 g/mol. The Bertz CT molecular complexity index is 1150. The van der Waals surface area contributed by atoms with E-state index >= 15 is 0 Å². The quantitative estimate of drug-likeness (QED) is 0.439. The Labute approximate surface area is 198 Å². The van der Waals surface area contributed by atoms with Crippen LogP contribution in [0, 0.1) is 0 Å². The van der Waals surface area contributed by atoms with E-state index in [1.807, 2.05) is 4.90 Å². The number of nitrogens with one attached hydrogen (secondary N) is 4. The molecule has 2 fully saturated rings. The number of aryl methyl sites for hydroxylation is 1. The van der Waals surface area contributed by atoms with Gasteiger partial charge in [-0.2, -0.15) is 10.1 Å². The largest absolute Gasteiger partial charge is 0.331 e. The molecular formula is C24H31N9O. The van der Waals surface area contributed by atoms with E-state index in [9.17, 15) is 4.79 Å². The van der Waals surface area contributed by atoms with Crippen LogP contribution in [0.5, 0.6) is 0 Å². The molecule has 1 atom stereocenters. The van der Waals surface area contributed by atoms with E-state index in [1.54, 1.807) is 12.4 Å². The number of hydrogen-bond acceptors (Lipinski definition) is 7. The molecule has 2 aliphatic carbocycles. The Kier molecular flexibility index (Phi) is 5.64. The number of imidazole rings is 1. The fourth-order valence-corrected chi connectivity index (χ4v) is 5.61. The summed E-state index contributed by atoms with van der Waals surface area (Å²) in [5.41, 5.74) is 3.46. The van der Waals surface area contributed by atoms with Crippen LogP contribution in [0.15, 0.2) is 18.5 Å². The molecule has 0 spiro atoms. The number of nitrogens with zero attached hydrogens (tertiary/aromatic N) is 5. The normalized spacial score (nSPS) is 20.5. The van der Waals surface area contributed by atoms with Gasteiger partial charge >= 0.3 is 0 Å². The maximum Gasteiger partial charge on any atom is 0.249 e. The summed E-state index contributed by atoms with van der Waals surface area (Å²) in [6, 6.07) is 1.81. The number of rotatable bonds is 6. The van der Waals surface area contributed by atoms with Gasteiger partial charge in [0.25, 0.3) is 0 Å². The minimum Gasteiger partial charge on any atom is -0.331 e. The summed E-state index contributed by atoms with van der Waals surface area (Å²) in [5.74, 6) is 3.17. The number of carbonyl (C=O) groups is 1. The van der Waals surface area contributed by atoms with Gasteiger partial charge in [-0.15, -0.1) is 0 Å². The Morgan fingerprint density at radius 1 is 1.06 bits per heavy atom. The first-order valence-electron chi connectivity index (χ1n) is 12.5. The second-order valence-corrected chi connectivity index (χ2v) is 9.60. The average Bonchev–Trinajstić information content (AvgIpc) is 3.67. The molecule has 0 bridgehead atoms. The van der Waals surface area contributed by atoms with Gasteiger partial charge in [0.05, 0.1) is 5.69 Å². The van der Waals surface area contributed by atoms with E-state index in [2.05, 4.69) is 36.9 Å². The first-order valence-corrected chi connectivity index (χ1v) is 12.5. The maximum absolute atomic E-state index is 13.0. The molecule has 10 nitrogen and oxygen atoms in total. The van der Waals surface area contributed by atoms with Crippen LogP contribution in [0.1, 0.15) is 74.2 Å². The van der Waals surface area contributed by atoms with Crippen molar-refractivity contribution >= 4 is 29.4 Å². The minimum absolute atomic E-state index is 0.0875. The zero-order chi connectivity index (χ0) is 22.9. The number of hydrogen-bond donors (Lipinski definition) is 4. The van der Waals surface area contributed by atoms with Crippen molar-refractivity contribution in [3.8, 4) is 0 Å². The summed E-state index contributed by atoms with van der Waals surface area (Å²) in [7, 11) is 0. The van der Waals surface area contributed by atoms with Gasteiger partial charge in [-0.1, -0.05) is 19.3 Å². The average molecular weight is 462 g/mol. The molecule has 0 unspecified atom stereocenters. The highest BCUT2D eigenvalue weighted by Gasteiger charge is 2.34. The molecule has 3 aliphatic rings. The second-order valence-electron chi connectivity index (χ2n) is 9.60. The lowest BCUT2D eigenvalue weighted by molar-refractivity contribution is -0.117. The molecule has 1 aliphatic heterocycles. The van der Waals surface area contributed by atoms with Crippen LogP contribution in [0.3, 0.4) is 0 Å². The van der Waals surface area contributed by atoms with E-state index < -0.39 is 0 Å². The lowest BCUT2D eigenvalue weighted by Gasteiger charge is -2.24. The fraction of sp³-hybridized carbons (Fsp3) is 0.542. The third-order valence-electron chi connectivity index (χ3n) is 7.36. The molecule has 34 heavy (non-hydrogen) atoms. The fourth-order valence-electron chi connectivity index (χ4n) is 5.61. The lowest BCUT2D eigenvalue weighted by Crippen LogP contribution is -2.41. The van der Waals surface area contributed by atoms with E-state index in [-0.39, 0.29) is 11.9 Å². The lowest BCUT2D eigenvalue weighted by atomic mass is 9.87. The molecule has 0 aromatic carbocycles. The third kappa shape index (κ3) is 4.12. The predicted molar refractivity (Wildman–Crippen MR) is 129 cm³/mol. The number of aromatic amines is 2. The maximum atomic E-state index is 13.0. The van der Waals surface area contributed by atoms with Gasteiger partial charge in [0.2, 0.25) is 17.8 Å². The van der Waals surface area contributed by atoms with Gasteiger partial charge in [0.1, 0.15) is 11.9 Å². The molecule has 1 saturated heterocycles. The number of amides is 1. The first-order chi connectivity index (χ1) is 16.7. The number of carbonyl (C=O) groups excluding carboxylic acids is 1. The predicted octanol–water partition coefficient (Wildman–Crippen LogP) is 3.81. The number of anilines is 4. The SMILES string of the molecule is O=C(Nc1ncc[nH]1)[C@H]1CCCN1c1nc2c(c(Nc3cc(C4CCCCC4)[nH]n3)n1)CCC2. The summed E-state index contributed by atoms with van der Waals surface area (Å²) in [5, 5.41) is 14.1. The van der Waals surface area contributed by atoms with Crippen molar-refractivity contribution in [2.75, 3.05) is 22.1 Å². The second kappa shape index (κ2) is 9.08. The molecule has 4 N–H and O–H groups in total. The smallest absolute Gasteiger partial charge is 0.249 e. The topological polar surface area (TPSA) is 128 Å². The van der Waals surface area contributed by atoms with Crippen LogP contribution in [0.2, 0.25) is 0 Å². The van der Waals surface area contributed by atoms with Crippen LogP contribution in [0.4, 0.5) is 23.5 Å². The molecular weight excluding hydrogens is 430 g/mol. The summed E-state index contributed by atoms with van der Waals surface area (Å²) in [6.07, 6.45) is 14.3. The van der Waals surface area contributed by atoms with Crippen LogP contribution < -0.4 is 15.5 Å². The standard InChI is InChI=1S/C24H31N9O/c34-22(30-23-25-11-12-26-23)19-10-5-13-33(19)24-27-17-9-4-8-16(17)21(29-24)28-20-14-18(31-32-20)15-6-2-1-3-7-15/h11-12,14-15,19H,1-10,13H2,(H2,25,26,30,34)(H2,27,28,29,31,32)/t19-/m1/s1. The van der Waals surface area contributed by atoms with Gasteiger partial charge < -0.3 is 15.2 Å². The van der Waals surface area contributed by atoms with Crippen molar-refractivity contribution in [1.29, 1.82) is 0 Å². The zero-order valence-electron chi connectivity index (χ0n) is 19.3. The zero-order valence-corrected chi connectivity index (χ0v) is 19.3. The van der Waals surface area contributed by atoms with Gasteiger partial charge in [0.15, 0.2) is 5.82 Å². The molecule has 1 amide bonds. The first kappa shape index (κ1) is 21.1. The molecule has 178 valence electrons. The van der Waals surface area contributed by atoms with Crippen LogP contribution in [-0.4, -0.2) is 48.6 Å². The van der Waals surface area contributed by atoms with Crippen molar-refractivity contribution < 1.29 is 4.79 Å². The summed E-state index contributed by atoms with van der Waals surface area (Å²) in [6.45, 7) is 0.753. The Hall–Kier alpha value is -3.43. The van der Waals surface area contributed by atoms with Crippen molar-refractivity contribution in [2.24, 2.45) is 0 Å². The highest BCUT2D eigenvalue weighted by molar-refractivity contribution is 5.95. The molecule has 10 heteroatoms. The number of fused-ring (bicyclic) bond motifs is 1. The van der Waals surface area contributed by atoms with E-state index in [4.69, 9.17) is 9.97 Å². The molecule has 4 heterocycles. The van der Waals surface area contributed by atoms with Crippen molar-refractivity contribution in [3.63, 3.8) is 0 Å². The van der Waals surface area contributed by atoms with E-state index in [0.29, 0.717) is 17.8 Å². The van der Waals surface area contributed by atoms with E-state index in [1.165, 1.54) is 43.4 Å². The van der Waals surface area contributed by atoms with Crippen molar-refractivity contribution in [2.45, 2.75) is 76.2 Å². The van der Waals surface area contributed by atoms with Gasteiger partial charge in [-0.3, -0.25) is 15.2 Å². The number of H-pyrrole nitrogens is 2. The minimum atomic E-state index is -0.319. The highest BCUT2D eigenvalue weighted by Crippen LogP contribution is 2.35. The molecule has 3 aromatic heterocycles. The highest BCUT2D eigenvalue weighted by atomic mass is 16.2. The van der Waals surface area contributed by atoms with Crippen LogP contribution >= 0.6 is 0 Å². The molecule has 1 saturated carbocycles. The Balaban J connectivity index is 1.24. The summed E-state index contributed by atoms with van der Waals surface area (Å²) < 4.78 is 0. The van der Waals surface area contributed by atoms with Crippen LogP contribution in [0.25, 0.3) is 0 Å². The van der Waals surface area contributed by atoms with Gasteiger partial charge in [-0.25, -0.2) is 9.97 Å². The molecule has 3 aromatic rings. The Morgan fingerprint density at radius 2 is 1.97 bits per heavy atom. The molecule has 6 rings (SSSR count). The third-order valence-corrected chi connectivity index (χ3v) is 7.36. The number of aromatic nitrogens is 6.